The minimum atomic E-state index is 0.238. The van der Waals surface area contributed by atoms with Crippen LogP contribution < -0.4 is 4.74 Å². The van der Waals surface area contributed by atoms with Gasteiger partial charge < -0.3 is 9.47 Å². The lowest BCUT2D eigenvalue weighted by molar-refractivity contribution is 0.00740. The van der Waals surface area contributed by atoms with Gasteiger partial charge >= 0.3 is 0 Å². The van der Waals surface area contributed by atoms with Gasteiger partial charge in [0.1, 0.15) is 11.9 Å². The molecule has 1 aromatic rings. The summed E-state index contributed by atoms with van der Waals surface area (Å²) in [5.74, 6) is 0.951. The molecule has 2 nitrogen and oxygen atoms in total. The third-order valence-electron chi connectivity index (χ3n) is 2.22. The van der Waals surface area contributed by atoms with Gasteiger partial charge in [-0.2, -0.15) is 0 Å². The van der Waals surface area contributed by atoms with Gasteiger partial charge in [0, 0.05) is 10.2 Å². The SMILES string of the molecule is Ic1cccc(OC2CCCOC2)c1. The monoisotopic (exact) mass is 304 g/mol. The second-order valence-corrected chi connectivity index (χ2v) is 4.66. The Labute approximate surface area is 97.7 Å². The van der Waals surface area contributed by atoms with Crippen molar-refractivity contribution in [2.75, 3.05) is 13.2 Å². The average molecular weight is 304 g/mol. The predicted molar refractivity (Wildman–Crippen MR) is 63.6 cm³/mol. The molecule has 14 heavy (non-hydrogen) atoms. The smallest absolute Gasteiger partial charge is 0.122 e. The minimum absolute atomic E-state index is 0.238. The molecule has 0 amide bonds. The summed E-state index contributed by atoms with van der Waals surface area (Å²) in [6.45, 7) is 1.61. The summed E-state index contributed by atoms with van der Waals surface area (Å²) in [5.41, 5.74) is 0. The number of rotatable bonds is 2. The summed E-state index contributed by atoms with van der Waals surface area (Å²) < 4.78 is 12.4. The molecule has 0 spiro atoms. The van der Waals surface area contributed by atoms with Gasteiger partial charge in [-0.25, -0.2) is 0 Å². The Bertz CT molecular complexity index is 295. The molecule has 1 aliphatic rings. The molecular weight excluding hydrogens is 291 g/mol. The molecule has 1 fully saturated rings. The van der Waals surface area contributed by atoms with Crippen molar-refractivity contribution in [2.24, 2.45) is 0 Å². The molecule has 1 atom stereocenters. The van der Waals surface area contributed by atoms with Crippen LogP contribution in [0.15, 0.2) is 24.3 Å². The zero-order valence-electron chi connectivity index (χ0n) is 7.91. The summed E-state index contributed by atoms with van der Waals surface area (Å²) in [5, 5.41) is 0. The normalized spacial score (nSPS) is 21.9. The summed E-state index contributed by atoms with van der Waals surface area (Å²) in [6.07, 6.45) is 2.45. The molecule has 1 unspecified atom stereocenters. The van der Waals surface area contributed by atoms with E-state index in [4.69, 9.17) is 9.47 Å². The Kier molecular flexibility index (Phi) is 3.64. The summed E-state index contributed by atoms with van der Waals surface area (Å²) in [4.78, 5) is 0. The first kappa shape index (κ1) is 10.2. The van der Waals surface area contributed by atoms with Crippen molar-refractivity contribution in [1.29, 1.82) is 0 Å². The minimum Gasteiger partial charge on any atom is -0.488 e. The van der Waals surface area contributed by atoms with Crippen molar-refractivity contribution in [1.82, 2.24) is 0 Å². The van der Waals surface area contributed by atoms with Gasteiger partial charge in [-0.05, 0) is 53.6 Å². The fourth-order valence-corrected chi connectivity index (χ4v) is 2.05. The van der Waals surface area contributed by atoms with E-state index in [-0.39, 0.29) is 6.10 Å². The molecule has 0 saturated carbocycles. The van der Waals surface area contributed by atoms with Crippen LogP contribution >= 0.6 is 22.6 Å². The largest absolute Gasteiger partial charge is 0.488 e. The van der Waals surface area contributed by atoms with Crippen LogP contribution in [-0.2, 0) is 4.74 Å². The van der Waals surface area contributed by atoms with Crippen molar-refractivity contribution >= 4 is 22.6 Å². The number of hydrogen-bond donors (Lipinski definition) is 0. The van der Waals surface area contributed by atoms with Crippen LogP contribution in [0.1, 0.15) is 12.8 Å². The third-order valence-corrected chi connectivity index (χ3v) is 2.89. The standard InChI is InChI=1S/C11H13IO2/c12-9-3-1-4-10(7-9)14-11-5-2-6-13-8-11/h1,3-4,7,11H,2,5-6,8H2. The molecule has 3 heteroatoms. The van der Waals surface area contributed by atoms with Crippen molar-refractivity contribution in [3.8, 4) is 5.75 Å². The fraction of sp³-hybridized carbons (Fsp3) is 0.455. The summed E-state index contributed by atoms with van der Waals surface area (Å²) in [7, 11) is 0. The van der Waals surface area contributed by atoms with Crippen LogP contribution in [0.4, 0.5) is 0 Å². The predicted octanol–water partition coefficient (Wildman–Crippen LogP) is 2.85. The van der Waals surface area contributed by atoms with E-state index in [0.717, 1.165) is 31.8 Å². The van der Waals surface area contributed by atoms with Gasteiger partial charge in [0.05, 0.1) is 6.61 Å². The van der Waals surface area contributed by atoms with E-state index in [2.05, 4.69) is 34.7 Å². The molecule has 1 aliphatic heterocycles. The van der Waals surface area contributed by atoms with Crippen molar-refractivity contribution in [2.45, 2.75) is 18.9 Å². The molecule has 76 valence electrons. The van der Waals surface area contributed by atoms with E-state index >= 15 is 0 Å². The van der Waals surface area contributed by atoms with Gasteiger partial charge in [0.15, 0.2) is 0 Å². The highest BCUT2D eigenvalue weighted by atomic mass is 127. The topological polar surface area (TPSA) is 18.5 Å². The van der Waals surface area contributed by atoms with Gasteiger partial charge in [0.2, 0.25) is 0 Å². The third kappa shape index (κ3) is 2.85. The second kappa shape index (κ2) is 4.98. The first-order valence-corrected chi connectivity index (χ1v) is 5.92. The van der Waals surface area contributed by atoms with E-state index in [0.29, 0.717) is 0 Å². The number of hydrogen-bond acceptors (Lipinski definition) is 2. The molecule has 1 saturated heterocycles. The lowest BCUT2D eigenvalue weighted by Gasteiger charge is -2.23. The summed E-state index contributed by atoms with van der Waals surface area (Å²) in [6, 6.07) is 8.12. The highest BCUT2D eigenvalue weighted by Crippen LogP contribution is 2.19. The van der Waals surface area contributed by atoms with Crippen LogP contribution in [-0.4, -0.2) is 19.3 Å². The molecule has 0 radical (unpaired) electrons. The van der Waals surface area contributed by atoms with Crippen molar-refractivity contribution in [3.63, 3.8) is 0 Å². The van der Waals surface area contributed by atoms with Crippen LogP contribution in [0, 0.1) is 3.57 Å². The Morgan fingerprint density at radius 1 is 1.43 bits per heavy atom. The highest BCUT2D eigenvalue weighted by molar-refractivity contribution is 14.1. The highest BCUT2D eigenvalue weighted by Gasteiger charge is 2.14. The quantitative estimate of drug-likeness (QED) is 0.782. The number of halogens is 1. The van der Waals surface area contributed by atoms with E-state index in [1.165, 1.54) is 3.57 Å². The van der Waals surface area contributed by atoms with E-state index in [9.17, 15) is 0 Å². The maximum atomic E-state index is 5.81. The van der Waals surface area contributed by atoms with Gasteiger partial charge in [0.25, 0.3) is 0 Å². The summed E-state index contributed by atoms with van der Waals surface area (Å²) >= 11 is 2.29. The number of ether oxygens (including phenoxy) is 2. The molecule has 0 aromatic heterocycles. The molecular formula is C11H13IO2. The molecule has 1 heterocycles. The zero-order valence-corrected chi connectivity index (χ0v) is 10.1. The van der Waals surface area contributed by atoms with Crippen molar-refractivity contribution < 1.29 is 9.47 Å². The van der Waals surface area contributed by atoms with E-state index in [1.807, 2.05) is 12.1 Å². The number of benzene rings is 1. The van der Waals surface area contributed by atoms with Crippen molar-refractivity contribution in [3.05, 3.63) is 27.8 Å². The zero-order chi connectivity index (χ0) is 9.80. The fourth-order valence-electron chi connectivity index (χ4n) is 1.54. The van der Waals surface area contributed by atoms with Crippen LogP contribution in [0.5, 0.6) is 5.75 Å². The van der Waals surface area contributed by atoms with Gasteiger partial charge in [-0.3, -0.25) is 0 Å². The van der Waals surface area contributed by atoms with Gasteiger partial charge in [-0.1, -0.05) is 6.07 Å². The lowest BCUT2D eigenvalue weighted by Crippen LogP contribution is -2.27. The van der Waals surface area contributed by atoms with Crippen LogP contribution in [0.2, 0.25) is 0 Å². The molecule has 0 bridgehead atoms. The maximum Gasteiger partial charge on any atom is 0.122 e. The maximum absolute atomic E-state index is 5.81. The second-order valence-electron chi connectivity index (χ2n) is 3.41. The molecule has 0 N–H and O–H groups in total. The first-order chi connectivity index (χ1) is 6.84. The van der Waals surface area contributed by atoms with Crippen LogP contribution in [0.25, 0.3) is 0 Å². The lowest BCUT2D eigenvalue weighted by atomic mass is 10.2. The average Bonchev–Trinajstić information content (AvgIpc) is 2.19. The Balaban J connectivity index is 1.95. The Morgan fingerprint density at radius 3 is 3.07 bits per heavy atom. The van der Waals surface area contributed by atoms with Crippen LogP contribution in [0.3, 0.4) is 0 Å². The Hall–Kier alpha value is -0.290. The first-order valence-electron chi connectivity index (χ1n) is 4.84. The van der Waals surface area contributed by atoms with E-state index < -0.39 is 0 Å². The Morgan fingerprint density at radius 2 is 2.36 bits per heavy atom. The van der Waals surface area contributed by atoms with Gasteiger partial charge in [-0.15, -0.1) is 0 Å². The molecule has 1 aromatic carbocycles. The van der Waals surface area contributed by atoms with E-state index in [1.54, 1.807) is 0 Å². The molecule has 0 aliphatic carbocycles. The molecule has 2 rings (SSSR count).